The molecule has 6 nitrogen and oxygen atoms in total. The smallest absolute Gasteiger partial charge is 0.166 e. The topological polar surface area (TPSA) is 75.9 Å². The molecule has 0 radical (unpaired) electrons. The Morgan fingerprint density at radius 1 is 1.18 bits per heavy atom. The lowest BCUT2D eigenvalue weighted by atomic mass is 10.2. The molecule has 2 aromatic heterocycles. The molecular weight excluding hydrogens is 278 g/mol. The summed E-state index contributed by atoms with van der Waals surface area (Å²) in [4.78, 5) is 13.7. The molecule has 2 heterocycles. The molecule has 3 aromatic rings. The van der Waals surface area contributed by atoms with Crippen molar-refractivity contribution in [2.75, 3.05) is 18.5 Å². The summed E-state index contributed by atoms with van der Waals surface area (Å²) in [6.45, 7) is 4.64. The van der Waals surface area contributed by atoms with Gasteiger partial charge in [0.15, 0.2) is 17.3 Å². The van der Waals surface area contributed by atoms with Gasteiger partial charge in [0.05, 0.1) is 12.9 Å². The summed E-state index contributed by atoms with van der Waals surface area (Å²) in [5.41, 5.74) is 2.47. The van der Waals surface area contributed by atoms with E-state index in [9.17, 15) is 0 Å². The molecule has 22 heavy (non-hydrogen) atoms. The molecular formula is C16H19N5O. The largest absolute Gasteiger partial charge is 0.395 e. The molecule has 1 aromatic carbocycles. The van der Waals surface area contributed by atoms with Gasteiger partial charge in [-0.05, 0) is 13.8 Å². The SMILES string of the molecule is CC(C)n1cnc2c(NCCO)nc(-c3ccccc3)nc21. The van der Waals surface area contributed by atoms with E-state index in [-0.39, 0.29) is 12.6 Å². The molecule has 0 saturated heterocycles. The lowest BCUT2D eigenvalue weighted by Gasteiger charge is -2.10. The van der Waals surface area contributed by atoms with Crippen LogP contribution in [0.5, 0.6) is 0 Å². The summed E-state index contributed by atoms with van der Waals surface area (Å²) in [6.07, 6.45) is 1.78. The summed E-state index contributed by atoms with van der Waals surface area (Å²) < 4.78 is 2.02. The third-order valence-electron chi connectivity index (χ3n) is 3.41. The predicted octanol–water partition coefficient (Wildman–Crippen LogP) is 2.48. The Morgan fingerprint density at radius 3 is 2.64 bits per heavy atom. The third kappa shape index (κ3) is 2.65. The van der Waals surface area contributed by atoms with E-state index in [1.165, 1.54) is 0 Å². The van der Waals surface area contributed by atoms with Crippen LogP contribution in [0.3, 0.4) is 0 Å². The van der Waals surface area contributed by atoms with Gasteiger partial charge in [0, 0.05) is 18.2 Å². The van der Waals surface area contributed by atoms with Crippen molar-refractivity contribution in [3.05, 3.63) is 36.7 Å². The highest BCUT2D eigenvalue weighted by Gasteiger charge is 2.15. The quantitative estimate of drug-likeness (QED) is 0.756. The number of aromatic nitrogens is 4. The maximum Gasteiger partial charge on any atom is 0.166 e. The van der Waals surface area contributed by atoms with Crippen molar-refractivity contribution in [1.82, 2.24) is 19.5 Å². The van der Waals surface area contributed by atoms with Crippen LogP contribution in [0.15, 0.2) is 36.7 Å². The van der Waals surface area contributed by atoms with Crippen molar-refractivity contribution >= 4 is 17.0 Å². The lowest BCUT2D eigenvalue weighted by Crippen LogP contribution is -2.09. The number of hydrogen-bond acceptors (Lipinski definition) is 5. The van der Waals surface area contributed by atoms with E-state index in [4.69, 9.17) is 5.11 Å². The summed E-state index contributed by atoms with van der Waals surface area (Å²) in [6, 6.07) is 10.1. The van der Waals surface area contributed by atoms with Crippen LogP contribution < -0.4 is 5.32 Å². The van der Waals surface area contributed by atoms with E-state index in [1.54, 1.807) is 6.33 Å². The molecule has 114 valence electrons. The van der Waals surface area contributed by atoms with Crippen LogP contribution in [-0.4, -0.2) is 37.8 Å². The number of imidazole rings is 1. The number of aliphatic hydroxyl groups excluding tert-OH is 1. The van der Waals surface area contributed by atoms with Crippen LogP contribution in [0.4, 0.5) is 5.82 Å². The number of nitrogens with zero attached hydrogens (tertiary/aromatic N) is 4. The Morgan fingerprint density at radius 2 is 1.95 bits per heavy atom. The Hall–Kier alpha value is -2.47. The van der Waals surface area contributed by atoms with Gasteiger partial charge in [0.1, 0.15) is 5.52 Å². The molecule has 0 spiro atoms. The van der Waals surface area contributed by atoms with Gasteiger partial charge in [-0.1, -0.05) is 30.3 Å². The number of fused-ring (bicyclic) bond motifs is 1. The second-order valence-electron chi connectivity index (χ2n) is 5.33. The number of aliphatic hydroxyl groups is 1. The van der Waals surface area contributed by atoms with Gasteiger partial charge in [-0.3, -0.25) is 0 Å². The van der Waals surface area contributed by atoms with Gasteiger partial charge in [-0.15, -0.1) is 0 Å². The number of nitrogens with one attached hydrogen (secondary N) is 1. The zero-order valence-electron chi connectivity index (χ0n) is 12.7. The Kier molecular flexibility index (Phi) is 4.02. The molecule has 0 fully saturated rings. The van der Waals surface area contributed by atoms with Crippen LogP contribution in [0.1, 0.15) is 19.9 Å². The molecule has 0 aliphatic rings. The second-order valence-corrected chi connectivity index (χ2v) is 5.33. The first-order chi connectivity index (χ1) is 10.7. The van der Waals surface area contributed by atoms with E-state index in [2.05, 4.69) is 34.1 Å². The molecule has 2 N–H and O–H groups in total. The van der Waals surface area contributed by atoms with Gasteiger partial charge in [0.25, 0.3) is 0 Å². The number of anilines is 1. The van der Waals surface area contributed by atoms with Crippen molar-refractivity contribution in [3.63, 3.8) is 0 Å². The Labute approximate surface area is 128 Å². The average molecular weight is 297 g/mol. The minimum Gasteiger partial charge on any atom is -0.395 e. The molecule has 0 amide bonds. The zero-order chi connectivity index (χ0) is 15.5. The van der Waals surface area contributed by atoms with Gasteiger partial charge < -0.3 is 15.0 Å². The van der Waals surface area contributed by atoms with E-state index in [1.807, 2.05) is 34.9 Å². The van der Waals surface area contributed by atoms with E-state index >= 15 is 0 Å². The van der Waals surface area contributed by atoms with Gasteiger partial charge in [-0.25, -0.2) is 15.0 Å². The van der Waals surface area contributed by atoms with E-state index in [0.717, 1.165) is 16.7 Å². The summed E-state index contributed by atoms with van der Waals surface area (Å²) in [5.74, 6) is 1.30. The minimum atomic E-state index is 0.0387. The molecule has 0 aliphatic carbocycles. The maximum atomic E-state index is 9.05. The van der Waals surface area contributed by atoms with Crippen molar-refractivity contribution in [3.8, 4) is 11.4 Å². The molecule has 0 unspecified atom stereocenters. The Bertz CT molecular complexity index is 767. The van der Waals surface area contributed by atoms with Gasteiger partial charge >= 0.3 is 0 Å². The fraction of sp³-hybridized carbons (Fsp3) is 0.312. The average Bonchev–Trinajstić information content (AvgIpc) is 2.97. The maximum absolute atomic E-state index is 9.05. The molecule has 6 heteroatoms. The second kappa shape index (κ2) is 6.11. The summed E-state index contributed by atoms with van der Waals surface area (Å²) >= 11 is 0. The number of rotatable bonds is 5. The highest BCUT2D eigenvalue weighted by molar-refractivity contribution is 5.85. The molecule has 3 rings (SSSR count). The fourth-order valence-corrected chi connectivity index (χ4v) is 2.31. The predicted molar refractivity (Wildman–Crippen MR) is 86.7 cm³/mol. The van der Waals surface area contributed by atoms with Crippen LogP contribution in [0, 0.1) is 0 Å². The molecule has 0 bridgehead atoms. The van der Waals surface area contributed by atoms with Crippen molar-refractivity contribution in [2.24, 2.45) is 0 Å². The van der Waals surface area contributed by atoms with Crippen LogP contribution >= 0.6 is 0 Å². The van der Waals surface area contributed by atoms with Gasteiger partial charge in [-0.2, -0.15) is 0 Å². The first-order valence-electron chi connectivity index (χ1n) is 7.35. The van der Waals surface area contributed by atoms with Gasteiger partial charge in [0.2, 0.25) is 0 Å². The first-order valence-corrected chi connectivity index (χ1v) is 7.35. The molecule has 0 saturated carbocycles. The van der Waals surface area contributed by atoms with Crippen molar-refractivity contribution < 1.29 is 5.11 Å². The summed E-state index contributed by atoms with van der Waals surface area (Å²) in [5, 5.41) is 12.2. The minimum absolute atomic E-state index is 0.0387. The lowest BCUT2D eigenvalue weighted by molar-refractivity contribution is 0.311. The fourth-order valence-electron chi connectivity index (χ4n) is 2.31. The normalized spacial score (nSPS) is 11.3. The number of hydrogen-bond donors (Lipinski definition) is 2. The van der Waals surface area contributed by atoms with Crippen LogP contribution in [0.2, 0.25) is 0 Å². The van der Waals surface area contributed by atoms with Crippen LogP contribution in [-0.2, 0) is 0 Å². The monoisotopic (exact) mass is 297 g/mol. The summed E-state index contributed by atoms with van der Waals surface area (Å²) in [7, 11) is 0. The zero-order valence-corrected chi connectivity index (χ0v) is 12.7. The number of benzene rings is 1. The van der Waals surface area contributed by atoms with Crippen molar-refractivity contribution in [2.45, 2.75) is 19.9 Å². The Balaban J connectivity index is 2.19. The van der Waals surface area contributed by atoms with Crippen molar-refractivity contribution in [1.29, 1.82) is 0 Å². The van der Waals surface area contributed by atoms with E-state index < -0.39 is 0 Å². The first kappa shape index (κ1) is 14.5. The third-order valence-corrected chi connectivity index (χ3v) is 3.41. The molecule has 0 aliphatic heterocycles. The van der Waals surface area contributed by atoms with Crippen LogP contribution in [0.25, 0.3) is 22.6 Å². The van der Waals surface area contributed by atoms with E-state index in [0.29, 0.717) is 18.2 Å². The standard InChI is InChI=1S/C16H19N5O/c1-11(2)21-10-18-13-15(17-8-9-22)19-14(20-16(13)21)12-6-4-3-5-7-12/h3-7,10-11,22H,8-9H2,1-2H3,(H,17,19,20). The highest BCUT2D eigenvalue weighted by Crippen LogP contribution is 2.25. The molecule has 0 atom stereocenters. The highest BCUT2D eigenvalue weighted by atomic mass is 16.3.